The lowest BCUT2D eigenvalue weighted by atomic mass is 10.3. The summed E-state index contributed by atoms with van der Waals surface area (Å²) in [5, 5.41) is 2.57. The molecule has 6 nitrogen and oxygen atoms in total. The Labute approximate surface area is 93.6 Å². The molecule has 0 saturated carbocycles. The van der Waals surface area contributed by atoms with Crippen LogP contribution in [0.1, 0.15) is 19.8 Å². The summed E-state index contributed by atoms with van der Waals surface area (Å²) in [7, 11) is 0. The molecule has 0 atom stereocenters. The number of rotatable bonds is 5. The first-order valence-electron chi connectivity index (χ1n) is 4.49. The van der Waals surface area contributed by atoms with Gasteiger partial charge < -0.3 is 5.32 Å². The van der Waals surface area contributed by atoms with Gasteiger partial charge >= 0.3 is 0 Å². The van der Waals surface area contributed by atoms with Crippen LogP contribution in [0, 0.1) is 0 Å². The molecule has 0 heterocycles. The molecule has 0 aliphatic heterocycles. The number of hydrazine groups is 1. The first-order valence-corrected chi connectivity index (χ1v) is 5.12. The minimum Gasteiger partial charge on any atom is -0.355 e. The van der Waals surface area contributed by atoms with Crippen LogP contribution in [0.25, 0.3) is 0 Å². The Morgan fingerprint density at radius 3 is 2.20 bits per heavy atom. The van der Waals surface area contributed by atoms with Gasteiger partial charge in [-0.3, -0.25) is 25.2 Å². The number of hydrogen-bond donors (Lipinski definition) is 4. The second-order valence-electron chi connectivity index (χ2n) is 2.80. The van der Waals surface area contributed by atoms with Crippen LogP contribution in [0.3, 0.4) is 0 Å². The predicted molar refractivity (Wildman–Crippen MR) is 58.1 cm³/mol. The van der Waals surface area contributed by atoms with Crippen molar-refractivity contribution < 1.29 is 14.4 Å². The molecular formula is C8H15N3O3S. The van der Waals surface area contributed by atoms with Gasteiger partial charge in [0, 0.05) is 32.1 Å². The Hall–Kier alpha value is -1.24. The summed E-state index contributed by atoms with van der Waals surface area (Å²) in [6.07, 6.45) is 0.137. The summed E-state index contributed by atoms with van der Waals surface area (Å²) >= 11 is 3.92. The number of thiol groups is 1. The molecule has 0 aliphatic carbocycles. The lowest BCUT2D eigenvalue weighted by molar-refractivity contribution is -0.129. The Balaban J connectivity index is 3.53. The van der Waals surface area contributed by atoms with Gasteiger partial charge in [-0.05, 0) is 0 Å². The largest absolute Gasteiger partial charge is 0.355 e. The fourth-order valence-corrected chi connectivity index (χ4v) is 0.843. The van der Waals surface area contributed by atoms with Crippen molar-refractivity contribution in [2.75, 3.05) is 12.3 Å². The van der Waals surface area contributed by atoms with Crippen LogP contribution in [0.15, 0.2) is 0 Å². The topological polar surface area (TPSA) is 87.3 Å². The minimum absolute atomic E-state index is 0.0404. The molecule has 3 amide bonds. The fourth-order valence-electron chi connectivity index (χ4n) is 0.731. The Morgan fingerprint density at radius 2 is 1.67 bits per heavy atom. The van der Waals surface area contributed by atoms with Crippen molar-refractivity contribution in [1.82, 2.24) is 16.2 Å². The van der Waals surface area contributed by atoms with Gasteiger partial charge in [-0.1, -0.05) is 0 Å². The van der Waals surface area contributed by atoms with E-state index < -0.39 is 5.91 Å². The molecule has 0 saturated heterocycles. The maximum Gasteiger partial charge on any atom is 0.238 e. The summed E-state index contributed by atoms with van der Waals surface area (Å²) in [5.74, 6) is -0.403. The Kier molecular flexibility index (Phi) is 7.43. The molecule has 0 unspecified atom stereocenters. The van der Waals surface area contributed by atoms with Crippen LogP contribution in [0.4, 0.5) is 0 Å². The van der Waals surface area contributed by atoms with Crippen molar-refractivity contribution in [3.63, 3.8) is 0 Å². The summed E-state index contributed by atoms with van der Waals surface area (Å²) in [6.45, 7) is 1.76. The van der Waals surface area contributed by atoms with Gasteiger partial charge in [-0.25, -0.2) is 0 Å². The number of carbonyl (C=O) groups excluding carboxylic acids is 3. The van der Waals surface area contributed by atoms with E-state index in [0.717, 1.165) is 0 Å². The van der Waals surface area contributed by atoms with Gasteiger partial charge in [-0.15, -0.1) is 0 Å². The smallest absolute Gasteiger partial charge is 0.238 e. The molecule has 15 heavy (non-hydrogen) atoms. The minimum atomic E-state index is -0.397. The lowest BCUT2D eigenvalue weighted by Gasteiger charge is -2.05. The average molecular weight is 233 g/mol. The third kappa shape index (κ3) is 9.07. The quantitative estimate of drug-likeness (QED) is 0.362. The van der Waals surface area contributed by atoms with Crippen molar-refractivity contribution in [3.05, 3.63) is 0 Å². The lowest BCUT2D eigenvalue weighted by Crippen LogP contribution is -2.40. The highest BCUT2D eigenvalue weighted by Gasteiger charge is 2.05. The molecule has 7 heteroatoms. The van der Waals surface area contributed by atoms with Crippen molar-refractivity contribution >= 4 is 30.4 Å². The molecule has 0 rings (SSSR count). The first kappa shape index (κ1) is 13.8. The molecule has 0 fully saturated rings. The highest BCUT2D eigenvalue weighted by molar-refractivity contribution is 7.80. The molecule has 3 N–H and O–H groups in total. The average Bonchev–Trinajstić information content (AvgIpc) is 2.20. The van der Waals surface area contributed by atoms with Crippen LogP contribution in [-0.4, -0.2) is 30.0 Å². The van der Waals surface area contributed by atoms with Gasteiger partial charge in [0.15, 0.2) is 0 Å². The second kappa shape index (κ2) is 8.10. The summed E-state index contributed by atoms with van der Waals surface area (Å²) in [5.41, 5.74) is 4.29. The third-order valence-corrected chi connectivity index (χ3v) is 1.61. The fraction of sp³-hybridized carbons (Fsp3) is 0.625. The molecule has 0 spiro atoms. The monoisotopic (exact) mass is 233 g/mol. The van der Waals surface area contributed by atoms with Crippen molar-refractivity contribution in [2.45, 2.75) is 19.8 Å². The molecular weight excluding hydrogens is 218 g/mol. The summed E-state index contributed by atoms with van der Waals surface area (Å²) in [4.78, 5) is 32.5. The van der Waals surface area contributed by atoms with Gasteiger partial charge in [0.1, 0.15) is 0 Å². The van der Waals surface area contributed by atoms with E-state index >= 15 is 0 Å². The van der Waals surface area contributed by atoms with E-state index in [1.165, 1.54) is 6.92 Å². The highest BCUT2D eigenvalue weighted by Crippen LogP contribution is 1.88. The summed E-state index contributed by atoms with van der Waals surface area (Å²) < 4.78 is 0. The molecule has 86 valence electrons. The standard InChI is InChI=1S/C8H15N3O3S/c1-6(12)10-11-8(14)3-2-7(13)9-4-5-15/h15H,2-5H2,1H3,(H,9,13)(H,10,12)(H,11,14). The van der Waals surface area contributed by atoms with E-state index in [1.54, 1.807) is 0 Å². The van der Waals surface area contributed by atoms with Crippen molar-refractivity contribution in [1.29, 1.82) is 0 Å². The number of amides is 3. The van der Waals surface area contributed by atoms with Crippen molar-refractivity contribution in [2.24, 2.45) is 0 Å². The number of carbonyl (C=O) groups is 3. The number of hydrogen-bond acceptors (Lipinski definition) is 4. The maximum absolute atomic E-state index is 11.0. The number of nitrogens with one attached hydrogen (secondary N) is 3. The predicted octanol–water partition coefficient (Wildman–Crippen LogP) is -1.02. The molecule has 0 radical (unpaired) electrons. The third-order valence-electron chi connectivity index (χ3n) is 1.39. The Morgan fingerprint density at radius 1 is 1.07 bits per heavy atom. The van der Waals surface area contributed by atoms with Gasteiger partial charge in [0.25, 0.3) is 0 Å². The van der Waals surface area contributed by atoms with E-state index in [-0.39, 0.29) is 24.7 Å². The van der Waals surface area contributed by atoms with Crippen LogP contribution < -0.4 is 16.2 Å². The second-order valence-corrected chi connectivity index (χ2v) is 3.25. The normalized spacial score (nSPS) is 9.20. The first-order chi connectivity index (χ1) is 7.06. The van der Waals surface area contributed by atoms with E-state index in [0.29, 0.717) is 12.3 Å². The van der Waals surface area contributed by atoms with Crippen molar-refractivity contribution in [3.8, 4) is 0 Å². The molecule has 0 bridgehead atoms. The van der Waals surface area contributed by atoms with E-state index in [4.69, 9.17) is 0 Å². The zero-order valence-electron chi connectivity index (χ0n) is 8.50. The van der Waals surface area contributed by atoms with Crippen LogP contribution >= 0.6 is 12.6 Å². The van der Waals surface area contributed by atoms with Gasteiger partial charge in [0.05, 0.1) is 0 Å². The van der Waals surface area contributed by atoms with E-state index in [1.807, 2.05) is 0 Å². The molecule has 0 aliphatic rings. The van der Waals surface area contributed by atoms with Crippen LogP contribution in [0.2, 0.25) is 0 Å². The Bertz CT molecular complexity index is 245. The zero-order chi connectivity index (χ0) is 11.7. The maximum atomic E-state index is 11.0. The van der Waals surface area contributed by atoms with E-state index in [9.17, 15) is 14.4 Å². The molecule has 0 aromatic rings. The molecule has 0 aromatic carbocycles. The van der Waals surface area contributed by atoms with E-state index in [2.05, 4.69) is 28.8 Å². The summed E-state index contributed by atoms with van der Waals surface area (Å²) in [6, 6.07) is 0. The van der Waals surface area contributed by atoms with Gasteiger partial charge in [0.2, 0.25) is 17.7 Å². The van der Waals surface area contributed by atoms with Gasteiger partial charge in [-0.2, -0.15) is 12.6 Å². The van der Waals surface area contributed by atoms with Crippen LogP contribution in [0.5, 0.6) is 0 Å². The highest BCUT2D eigenvalue weighted by atomic mass is 32.1. The van der Waals surface area contributed by atoms with Crippen LogP contribution in [-0.2, 0) is 14.4 Å². The SMILES string of the molecule is CC(=O)NNC(=O)CCC(=O)NCCS. The zero-order valence-corrected chi connectivity index (χ0v) is 9.39. The molecule has 0 aromatic heterocycles.